The Balaban J connectivity index is 1.06. The largest absolute Gasteiger partial charge is 0.453 e. The summed E-state index contributed by atoms with van der Waals surface area (Å²) in [5.41, 5.74) is 15.2. The monoisotopic (exact) mass is 911 g/mol. The van der Waals surface area contributed by atoms with E-state index in [0.717, 1.165) is 116 Å². The SMILES string of the molecule is [C-]#[N+]c1ccc2c(c1)c1cc(C#N)ccc1n2-c1ccc2c(c1)Sc1cccc(N3c4ccccc4Oc4ccccc43)c1C21c2cccnc2-c2ncc(-n3c4ccccc4c4ccccc43)cc21. The highest BCUT2D eigenvalue weighted by atomic mass is 32.2. The Labute approximate surface area is 405 Å². The molecule has 0 fully saturated rings. The number of hydrogen-bond acceptors (Lipinski definition) is 6. The molecule has 1 spiro atoms. The van der Waals surface area contributed by atoms with Crippen molar-refractivity contribution in [3.05, 3.63) is 240 Å². The summed E-state index contributed by atoms with van der Waals surface area (Å²) in [7, 11) is 0. The van der Waals surface area contributed by atoms with Crippen LogP contribution in [0.15, 0.2) is 210 Å². The minimum atomic E-state index is -0.916. The maximum absolute atomic E-state index is 9.98. The molecule has 1 aliphatic carbocycles. The van der Waals surface area contributed by atoms with Crippen LogP contribution in [-0.4, -0.2) is 19.1 Å². The van der Waals surface area contributed by atoms with Gasteiger partial charge >= 0.3 is 0 Å². The summed E-state index contributed by atoms with van der Waals surface area (Å²) in [4.78, 5) is 19.0. The second kappa shape index (κ2) is 14.3. The first-order chi connectivity index (χ1) is 34.6. The van der Waals surface area contributed by atoms with Crippen LogP contribution in [0.5, 0.6) is 11.5 Å². The summed E-state index contributed by atoms with van der Waals surface area (Å²) in [6.07, 6.45) is 3.89. The lowest BCUT2D eigenvalue weighted by molar-refractivity contribution is 0.476. The molecule has 8 nitrogen and oxygen atoms in total. The predicted octanol–water partition coefficient (Wildman–Crippen LogP) is 15.5. The van der Waals surface area contributed by atoms with E-state index in [0.29, 0.717) is 11.3 Å². The van der Waals surface area contributed by atoms with Crippen LogP contribution in [0.1, 0.15) is 27.8 Å². The van der Waals surface area contributed by atoms with Gasteiger partial charge in [0.25, 0.3) is 0 Å². The number of rotatable bonds is 3. The second-order valence-corrected chi connectivity index (χ2v) is 19.0. The van der Waals surface area contributed by atoms with Gasteiger partial charge in [0, 0.05) is 49.0 Å². The summed E-state index contributed by atoms with van der Waals surface area (Å²) in [5.74, 6) is 1.56. The van der Waals surface area contributed by atoms with Gasteiger partial charge < -0.3 is 18.8 Å². The average Bonchev–Trinajstić information content (AvgIpc) is 4.03. The number of fused-ring (bicyclic) bond motifs is 17. The predicted molar refractivity (Wildman–Crippen MR) is 278 cm³/mol. The molecule has 9 heteroatoms. The van der Waals surface area contributed by atoms with Crippen molar-refractivity contribution in [3.63, 3.8) is 0 Å². The standard InChI is InChI=1S/C61H33N7OS/c1-63-37-24-28-50-43(31-37)42-30-36(34-62)23-27-49(42)66(50)38-25-26-44-57(33-38)70-56-22-10-19-53(68-51-17-6-8-20-54(51)69-55-21-9-7-18-52(55)68)58(56)61(44)45-14-11-29-64-59(45)60-46(61)32-39(35-65-60)67-47-15-4-2-12-40(47)41-13-3-5-16-48(41)67/h2-33,35H. The topological polar surface area (TPSA) is 76.3 Å². The first kappa shape index (κ1) is 38.7. The summed E-state index contributed by atoms with van der Waals surface area (Å²) in [6.45, 7) is 7.84. The number of ether oxygens (including phenoxy) is 1. The van der Waals surface area contributed by atoms with Crippen LogP contribution in [0.2, 0.25) is 0 Å². The van der Waals surface area contributed by atoms with E-state index < -0.39 is 5.41 Å². The summed E-state index contributed by atoms with van der Waals surface area (Å²) in [6, 6.07) is 68.0. The zero-order chi connectivity index (χ0) is 46.2. The molecule has 12 aromatic rings. The van der Waals surface area contributed by atoms with E-state index in [9.17, 15) is 5.26 Å². The van der Waals surface area contributed by atoms with E-state index >= 15 is 0 Å². The molecule has 1 unspecified atom stereocenters. The molecule has 0 amide bonds. The van der Waals surface area contributed by atoms with Crippen LogP contribution in [-0.2, 0) is 5.41 Å². The molecule has 0 radical (unpaired) electrons. The minimum Gasteiger partial charge on any atom is -0.453 e. The maximum atomic E-state index is 9.98. The Hall–Kier alpha value is -9.41. The zero-order valence-electron chi connectivity index (χ0n) is 37.0. The molecule has 6 heterocycles. The van der Waals surface area contributed by atoms with Gasteiger partial charge in [0.05, 0.1) is 86.0 Å². The molecule has 15 rings (SSSR count). The van der Waals surface area contributed by atoms with Crippen molar-refractivity contribution in [1.82, 2.24) is 19.1 Å². The third-order valence-electron chi connectivity index (χ3n) is 14.5. The van der Waals surface area contributed by atoms with E-state index in [1.807, 2.05) is 73.1 Å². The van der Waals surface area contributed by atoms with Crippen molar-refractivity contribution < 1.29 is 4.74 Å². The Morgan fingerprint density at radius 1 is 0.529 bits per heavy atom. The van der Waals surface area contributed by atoms with Gasteiger partial charge in [0.15, 0.2) is 17.2 Å². The summed E-state index contributed by atoms with van der Waals surface area (Å²) < 4.78 is 11.2. The molecular weight excluding hydrogens is 879 g/mol. The lowest BCUT2D eigenvalue weighted by Gasteiger charge is -2.43. The van der Waals surface area contributed by atoms with Gasteiger partial charge in [-0.05, 0) is 120 Å². The quantitative estimate of drug-likeness (QED) is 0.164. The Bertz CT molecular complexity index is 4210. The van der Waals surface area contributed by atoms with E-state index in [1.165, 1.54) is 10.8 Å². The lowest BCUT2D eigenvalue weighted by Crippen LogP contribution is -2.34. The fourth-order valence-electron chi connectivity index (χ4n) is 11.7. The van der Waals surface area contributed by atoms with Gasteiger partial charge in [-0.25, -0.2) is 4.85 Å². The number of pyridine rings is 2. The van der Waals surface area contributed by atoms with Crippen LogP contribution < -0.4 is 9.64 Å². The molecule has 324 valence electrons. The van der Waals surface area contributed by atoms with Crippen molar-refractivity contribution in [3.8, 4) is 40.3 Å². The highest BCUT2D eigenvalue weighted by Crippen LogP contribution is 2.65. The van der Waals surface area contributed by atoms with Crippen LogP contribution in [0.3, 0.4) is 0 Å². The molecule has 2 aliphatic heterocycles. The molecule has 0 saturated heterocycles. The Morgan fingerprint density at radius 3 is 1.94 bits per heavy atom. The van der Waals surface area contributed by atoms with Gasteiger partial charge in [-0.3, -0.25) is 9.97 Å². The number of nitriles is 1. The molecule has 0 N–H and O–H groups in total. The zero-order valence-corrected chi connectivity index (χ0v) is 37.8. The normalized spacial score (nSPS) is 14.9. The average molecular weight is 912 g/mol. The smallest absolute Gasteiger partial charge is 0.188 e. The molecule has 8 aromatic carbocycles. The van der Waals surface area contributed by atoms with Gasteiger partial charge in [0.2, 0.25) is 0 Å². The van der Waals surface area contributed by atoms with E-state index in [4.69, 9.17) is 21.3 Å². The number of aromatic nitrogens is 4. The van der Waals surface area contributed by atoms with Crippen molar-refractivity contribution in [2.24, 2.45) is 0 Å². The fraction of sp³-hybridized carbons (Fsp3) is 0.0164. The molecule has 4 aromatic heterocycles. The highest BCUT2D eigenvalue weighted by molar-refractivity contribution is 7.99. The Kier molecular flexibility index (Phi) is 7.90. The van der Waals surface area contributed by atoms with Crippen molar-refractivity contribution in [2.45, 2.75) is 15.2 Å². The third kappa shape index (κ3) is 5.08. The lowest BCUT2D eigenvalue weighted by atomic mass is 9.67. The van der Waals surface area contributed by atoms with Gasteiger partial charge in [-0.15, -0.1) is 0 Å². The number of benzene rings is 8. The fourth-order valence-corrected chi connectivity index (χ4v) is 13.0. The van der Waals surface area contributed by atoms with Crippen molar-refractivity contribution >= 4 is 78.1 Å². The molecule has 3 aliphatic rings. The number of nitrogens with zero attached hydrogens (tertiary/aromatic N) is 7. The molecule has 1 atom stereocenters. The maximum Gasteiger partial charge on any atom is 0.188 e. The van der Waals surface area contributed by atoms with Gasteiger partial charge in [-0.2, -0.15) is 5.26 Å². The van der Waals surface area contributed by atoms with E-state index in [1.54, 1.807) is 11.8 Å². The number of hydrogen-bond donors (Lipinski definition) is 0. The second-order valence-electron chi connectivity index (χ2n) is 17.9. The van der Waals surface area contributed by atoms with Crippen molar-refractivity contribution in [2.75, 3.05) is 4.90 Å². The highest BCUT2D eigenvalue weighted by Gasteiger charge is 2.54. The summed E-state index contributed by atoms with van der Waals surface area (Å²) in [5, 5.41) is 14.2. The summed E-state index contributed by atoms with van der Waals surface area (Å²) >= 11 is 1.77. The van der Waals surface area contributed by atoms with E-state index in [2.05, 4.69) is 152 Å². The van der Waals surface area contributed by atoms with Gasteiger partial charge in [-0.1, -0.05) is 96.7 Å². The number of anilines is 3. The molecule has 70 heavy (non-hydrogen) atoms. The van der Waals surface area contributed by atoms with Crippen LogP contribution in [0.4, 0.5) is 22.7 Å². The minimum absolute atomic E-state index is 0.552. The van der Waals surface area contributed by atoms with Crippen molar-refractivity contribution in [1.29, 1.82) is 5.26 Å². The first-order valence-electron chi connectivity index (χ1n) is 23.1. The number of para-hydroxylation sites is 6. The molecule has 0 bridgehead atoms. The molecular formula is C61H33N7OS. The first-order valence-corrected chi connectivity index (χ1v) is 23.9. The van der Waals surface area contributed by atoms with Gasteiger partial charge in [0.1, 0.15) is 0 Å². The third-order valence-corrected chi connectivity index (χ3v) is 15.6. The van der Waals surface area contributed by atoms with E-state index in [-0.39, 0.29) is 0 Å². The van der Waals surface area contributed by atoms with Crippen LogP contribution in [0.25, 0.3) is 71.2 Å². The Morgan fingerprint density at radius 2 is 1.19 bits per heavy atom. The van der Waals surface area contributed by atoms with Crippen LogP contribution >= 0.6 is 11.8 Å². The van der Waals surface area contributed by atoms with Crippen LogP contribution in [0, 0.1) is 17.9 Å². The molecule has 0 saturated carbocycles.